The average molecular weight is 949 g/mol. The molecule has 73 heavy (non-hydrogen) atoms. The van der Waals surface area contributed by atoms with Gasteiger partial charge in [-0.05, 0) is 120 Å². The highest BCUT2D eigenvalue weighted by Gasteiger charge is 2.46. The summed E-state index contributed by atoms with van der Waals surface area (Å²) < 4.78 is 11.8. The van der Waals surface area contributed by atoms with Crippen molar-refractivity contribution < 1.29 is 4.42 Å². The third-order valence-corrected chi connectivity index (χ3v) is 16.4. The lowest BCUT2D eigenvalue weighted by molar-refractivity contribution is 0.669. The summed E-state index contributed by atoms with van der Waals surface area (Å²) >= 11 is 1.85. The second kappa shape index (κ2) is 15.6. The van der Waals surface area contributed by atoms with Crippen molar-refractivity contribution in [3.63, 3.8) is 0 Å². The van der Waals surface area contributed by atoms with Crippen LogP contribution < -0.4 is 31.1 Å². The van der Waals surface area contributed by atoms with Gasteiger partial charge in [0.15, 0.2) is 0 Å². The van der Waals surface area contributed by atoms with Crippen LogP contribution in [0.2, 0.25) is 0 Å². The molecule has 0 unspecified atom stereocenters. The van der Waals surface area contributed by atoms with Crippen LogP contribution in [0.1, 0.15) is 0 Å². The average Bonchev–Trinajstić information content (AvgIpc) is 4.16. The second-order valence-corrected chi connectivity index (χ2v) is 20.2. The lowest BCUT2D eigenvalue weighted by Crippen LogP contribution is -2.61. The van der Waals surface area contributed by atoms with Gasteiger partial charge in [0.25, 0.3) is 6.71 Å². The predicted molar refractivity (Wildman–Crippen MR) is 310 cm³/mol. The van der Waals surface area contributed by atoms with Crippen LogP contribution in [-0.2, 0) is 0 Å². The SMILES string of the molecule is c1ccc(N2c3cc(N(c4ccccc4)c4cccc5sc6ccccc6c45)cc4c3B(c3ccc5oc6ccccc6c5c32)c2ccc3c(c2N4c2ccccc2)c2ccccc2n3-c2ccccc2)cc1. The first-order chi connectivity index (χ1) is 36.3. The maximum Gasteiger partial charge on any atom is 0.252 e. The zero-order chi connectivity index (χ0) is 47.7. The standard InChI is InChI=1S/C66H41BN4OS/c1-5-20-42(21-6-1)68(53-32-19-35-60-61(53)49-30-15-18-34-59(49)73-60)46-40-55-64-56(41-46)71(45-26-11-4-12-27-45)66-51(37-39-58-63(66)48-29-14-17-33-57(48)72-58)67(64)50-36-38-54-62(65(50)70(55)44-24-9-3-10-25-44)47-28-13-16-31-52(47)69(54)43-22-7-2-8-23-43/h1-41H. The van der Waals surface area contributed by atoms with Crippen molar-refractivity contribution in [2.45, 2.75) is 0 Å². The molecule has 0 radical (unpaired) electrons. The van der Waals surface area contributed by atoms with Gasteiger partial charge in [-0.15, -0.1) is 11.3 Å². The number of rotatable bonds is 6. The van der Waals surface area contributed by atoms with Crippen molar-refractivity contribution in [2.24, 2.45) is 0 Å². The van der Waals surface area contributed by atoms with E-state index >= 15 is 0 Å². The van der Waals surface area contributed by atoms with Crippen LogP contribution in [0, 0.1) is 0 Å². The first-order valence-electron chi connectivity index (χ1n) is 25.0. The van der Waals surface area contributed by atoms with Gasteiger partial charge < -0.3 is 23.7 Å². The molecule has 340 valence electrons. The van der Waals surface area contributed by atoms with E-state index < -0.39 is 0 Å². The fourth-order valence-electron chi connectivity index (χ4n) is 12.4. The third kappa shape index (κ3) is 5.79. The van der Waals surface area contributed by atoms with Gasteiger partial charge in [-0.1, -0.05) is 146 Å². The molecule has 11 aromatic carbocycles. The number of anilines is 9. The molecule has 0 saturated heterocycles. The Labute approximate surface area is 425 Å². The Balaban J connectivity index is 1.10. The van der Waals surface area contributed by atoms with E-state index in [1.165, 1.54) is 58.5 Å². The normalized spacial score (nSPS) is 12.8. The van der Waals surface area contributed by atoms with Crippen molar-refractivity contribution >= 4 is 150 Å². The molecule has 5 heterocycles. The molecule has 0 aliphatic carbocycles. The molecule has 3 aromatic heterocycles. The van der Waals surface area contributed by atoms with Crippen LogP contribution in [0.3, 0.4) is 0 Å². The number of hydrogen-bond donors (Lipinski definition) is 0. The number of benzene rings is 11. The maximum absolute atomic E-state index is 6.79. The zero-order valence-electron chi connectivity index (χ0n) is 39.4. The number of para-hydroxylation sites is 6. The minimum atomic E-state index is -0.153. The quantitative estimate of drug-likeness (QED) is 0.155. The molecule has 2 aliphatic rings. The Morgan fingerprint density at radius 3 is 1.66 bits per heavy atom. The third-order valence-electron chi connectivity index (χ3n) is 15.3. The van der Waals surface area contributed by atoms with Crippen LogP contribution in [0.15, 0.2) is 253 Å². The van der Waals surface area contributed by atoms with E-state index in [9.17, 15) is 0 Å². The van der Waals surface area contributed by atoms with Crippen molar-refractivity contribution in [1.82, 2.24) is 4.57 Å². The fraction of sp³-hybridized carbons (Fsp3) is 0. The maximum atomic E-state index is 6.79. The van der Waals surface area contributed by atoms with Gasteiger partial charge in [0, 0.05) is 70.5 Å². The lowest BCUT2D eigenvalue weighted by atomic mass is 9.33. The van der Waals surface area contributed by atoms with E-state index in [2.05, 4.69) is 268 Å². The van der Waals surface area contributed by atoms with Crippen LogP contribution in [-0.4, -0.2) is 11.3 Å². The van der Waals surface area contributed by atoms with Crippen LogP contribution in [0.5, 0.6) is 0 Å². The smallest absolute Gasteiger partial charge is 0.252 e. The molecule has 5 nitrogen and oxygen atoms in total. The first-order valence-corrected chi connectivity index (χ1v) is 25.8. The molecule has 2 aliphatic heterocycles. The number of furan rings is 1. The van der Waals surface area contributed by atoms with Gasteiger partial charge in [0.1, 0.15) is 11.2 Å². The van der Waals surface area contributed by atoms with Gasteiger partial charge in [-0.25, -0.2) is 0 Å². The number of fused-ring (bicyclic) bond motifs is 15. The summed E-state index contributed by atoms with van der Waals surface area (Å²) in [7, 11) is 0. The van der Waals surface area contributed by atoms with E-state index in [4.69, 9.17) is 4.42 Å². The van der Waals surface area contributed by atoms with E-state index in [0.717, 1.165) is 78.6 Å². The number of nitrogens with zero attached hydrogens (tertiary/aromatic N) is 4. The van der Waals surface area contributed by atoms with Crippen molar-refractivity contribution in [2.75, 3.05) is 14.7 Å². The Bertz CT molecular complexity index is 4530. The summed E-state index contributed by atoms with van der Waals surface area (Å²) in [6.45, 7) is -0.153. The molecule has 0 fully saturated rings. The number of thiophene rings is 1. The van der Waals surface area contributed by atoms with Crippen molar-refractivity contribution in [1.29, 1.82) is 0 Å². The zero-order valence-corrected chi connectivity index (χ0v) is 40.2. The fourth-order valence-corrected chi connectivity index (χ4v) is 13.6. The van der Waals surface area contributed by atoms with Crippen molar-refractivity contribution in [3.05, 3.63) is 249 Å². The minimum Gasteiger partial charge on any atom is -0.456 e. The Morgan fingerprint density at radius 2 is 0.945 bits per heavy atom. The molecule has 0 N–H and O–H groups in total. The van der Waals surface area contributed by atoms with Crippen LogP contribution in [0.25, 0.3) is 69.6 Å². The molecule has 0 bridgehead atoms. The molecule has 0 saturated carbocycles. The van der Waals surface area contributed by atoms with Gasteiger partial charge in [0.2, 0.25) is 0 Å². The summed E-state index contributed by atoms with van der Waals surface area (Å²) in [5.74, 6) is 0. The molecular weight excluding hydrogens is 908 g/mol. The van der Waals surface area contributed by atoms with E-state index in [1.54, 1.807) is 0 Å². The minimum absolute atomic E-state index is 0.153. The van der Waals surface area contributed by atoms with Gasteiger partial charge >= 0.3 is 0 Å². The molecule has 16 rings (SSSR count). The Morgan fingerprint density at radius 1 is 0.384 bits per heavy atom. The topological polar surface area (TPSA) is 27.8 Å². The van der Waals surface area contributed by atoms with Gasteiger partial charge in [-0.2, -0.15) is 0 Å². The first kappa shape index (κ1) is 40.4. The largest absolute Gasteiger partial charge is 0.456 e. The van der Waals surface area contributed by atoms with Crippen LogP contribution >= 0.6 is 11.3 Å². The monoisotopic (exact) mass is 948 g/mol. The highest BCUT2D eigenvalue weighted by molar-refractivity contribution is 7.26. The van der Waals surface area contributed by atoms with E-state index in [-0.39, 0.29) is 6.71 Å². The highest BCUT2D eigenvalue weighted by Crippen LogP contribution is 2.53. The summed E-state index contributed by atoms with van der Waals surface area (Å²) in [5.41, 5.74) is 19.0. The summed E-state index contributed by atoms with van der Waals surface area (Å²) in [6.07, 6.45) is 0. The summed E-state index contributed by atoms with van der Waals surface area (Å²) in [6, 6.07) is 91.2. The molecular formula is C66H41BN4OS. The second-order valence-electron chi connectivity index (χ2n) is 19.2. The van der Waals surface area contributed by atoms with Crippen molar-refractivity contribution in [3.8, 4) is 5.69 Å². The molecule has 0 spiro atoms. The van der Waals surface area contributed by atoms with Gasteiger partial charge in [-0.3, -0.25) is 0 Å². The summed E-state index contributed by atoms with van der Waals surface area (Å²) in [4.78, 5) is 7.62. The van der Waals surface area contributed by atoms with Gasteiger partial charge in [0.05, 0.1) is 39.2 Å². The number of hydrogen-bond acceptors (Lipinski definition) is 5. The highest BCUT2D eigenvalue weighted by atomic mass is 32.1. The molecule has 0 amide bonds. The van der Waals surface area contributed by atoms with E-state index in [1.807, 2.05) is 11.3 Å². The Hall–Kier alpha value is -9.30. The molecule has 14 aromatic rings. The predicted octanol–water partition coefficient (Wildman–Crippen LogP) is 16.6. The molecule has 0 atom stereocenters. The van der Waals surface area contributed by atoms with E-state index in [0.29, 0.717) is 0 Å². The lowest BCUT2D eigenvalue weighted by Gasteiger charge is -2.45. The Kier molecular flexibility index (Phi) is 8.64. The molecule has 7 heteroatoms. The number of aromatic nitrogens is 1. The summed E-state index contributed by atoms with van der Waals surface area (Å²) in [5, 5.41) is 7.13. The van der Waals surface area contributed by atoms with Crippen LogP contribution in [0.4, 0.5) is 51.2 Å².